The van der Waals surface area contributed by atoms with Gasteiger partial charge in [0.25, 0.3) is 0 Å². The topological polar surface area (TPSA) is 55.1 Å². The smallest absolute Gasteiger partial charge is 0.228 e. The zero-order valence-electron chi connectivity index (χ0n) is 10.5. The van der Waals surface area contributed by atoms with Crippen LogP contribution in [0.2, 0.25) is 0 Å². The Balaban J connectivity index is 2.80. The Morgan fingerprint density at radius 3 is 2.67 bits per heavy atom. The van der Waals surface area contributed by atoms with E-state index in [1.54, 1.807) is 12.1 Å². The number of benzene rings is 1. The van der Waals surface area contributed by atoms with Crippen molar-refractivity contribution in [3.8, 4) is 0 Å². The highest BCUT2D eigenvalue weighted by Crippen LogP contribution is 2.26. The quantitative estimate of drug-likeness (QED) is 0.876. The van der Waals surface area contributed by atoms with Gasteiger partial charge in [0.05, 0.1) is 11.6 Å². The molecule has 1 unspecified atom stereocenters. The molecule has 1 rings (SSSR count). The predicted octanol–water partition coefficient (Wildman–Crippen LogP) is 3.15. The Morgan fingerprint density at radius 1 is 1.50 bits per heavy atom. The number of carbonyl (C=O) groups is 1. The first kappa shape index (κ1) is 15.1. The summed E-state index contributed by atoms with van der Waals surface area (Å²) in [5.41, 5.74) is 5.76. The molecule has 18 heavy (non-hydrogen) atoms. The average Bonchev–Trinajstić information content (AvgIpc) is 2.30. The van der Waals surface area contributed by atoms with Gasteiger partial charge in [-0.2, -0.15) is 0 Å². The normalized spacial score (nSPS) is 12.6. The predicted molar refractivity (Wildman–Crippen MR) is 74.7 cm³/mol. The highest BCUT2D eigenvalue weighted by molar-refractivity contribution is 9.10. The van der Waals surface area contributed by atoms with Crippen LogP contribution in [0.5, 0.6) is 0 Å². The fourth-order valence-corrected chi connectivity index (χ4v) is 2.16. The van der Waals surface area contributed by atoms with Gasteiger partial charge in [-0.3, -0.25) is 4.79 Å². The maximum atomic E-state index is 13.6. The van der Waals surface area contributed by atoms with Gasteiger partial charge >= 0.3 is 0 Å². The lowest BCUT2D eigenvalue weighted by molar-refractivity contribution is -0.120. The van der Waals surface area contributed by atoms with Crippen LogP contribution in [-0.4, -0.2) is 12.5 Å². The van der Waals surface area contributed by atoms with Gasteiger partial charge in [0.2, 0.25) is 5.91 Å². The van der Waals surface area contributed by atoms with Crippen molar-refractivity contribution in [2.24, 2.45) is 17.6 Å². The van der Waals surface area contributed by atoms with E-state index in [-0.39, 0.29) is 24.1 Å². The van der Waals surface area contributed by atoms with E-state index in [1.807, 2.05) is 13.8 Å². The molecule has 1 amide bonds. The number of hydrogen-bond acceptors (Lipinski definition) is 2. The van der Waals surface area contributed by atoms with Crippen LogP contribution in [0.15, 0.2) is 22.7 Å². The fourth-order valence-electron chi connectivity index (χ4n) is 1.72. The van der Waals surface area contributed by atoms with Crippen molar-refractivity contribution in [1.29, 1.82) is 0 Å². The molecule has 0 aliphatic heterocycles. The first-order valence-electron chi connectivity index (χ1n) is 5.90. The van der Waals surface area contributed by atoms with Crippen LogP contribution >= 0.6 is 15.9 Å². The second-order valence-electron chi connectivity index (χ2n) is 4.65. The third-order valence-electron chi connectivity index (χ3n) is 2.62. The summed E-state index contributed by atoms with van der Waals surface area (Å²) < 4.78 is 14.1. The summed E-state index contributed by atoms with van der Waals surface area (Å²) in [6, 6.07) is 4.56. The van der Waals surface area contributed by atoms with Crippen LogP contribution in [0, 0.1) is 17.7 Å². The van der Waals surface area contributed by atoms with E-state index in [4.69, 9.17) is 5.73 Å². The molecule has 100 valence electrons. The lowest BCUT2D eigenvalue weighted by atomic mass is 9.96. The van der Waals surface area contributed by atoms with Crippen molar-refractivity contribution in [1.82, 2.24) is 0 Å². The number of rotatable bonds is 5. The molecule has 3 nitrogen and oxygen atoms in total. The molecule has 0 fully saturated rings. The lowest BCUT2D eigenvalue weighted by Gasteiger charge is -2.17. The molecule has 0 bridgehead atoms. The molecule has 3 N–H and O–H groups in total. The van der Waals surface area contributed by atoms with Crippen LogP contribution in [0.1, 0.15) is 20.3 Å². The molecule has 0 saturated carbocycles. The van der Waals surface area contributed by atoms with Gasteiger partial charge in [-0.05, 0) is 40.4 Å². The van der Waals surface area contributed by atoms with Gasteiger partial charge in [-0.1, -0.05) is 19.9 Å². The lowest BCUT2D eigenvalue weighted by Crippen LogP contribution is -2.30. The molecular formula is C13H18BrFN2O. The van der Waals surface area contributed by atoms with E-state index in [9.17, 15) is 9.18 Å². The Hall–Kier alpha value is -0.940. The summed E-state index contributed by atoms with van der Waals surface area (Å²) in [6.45, 7) is 4.31. The number of nitrogens with two attached hydrogens (primary N) is 1. The summed E-state index contributed by atoms with van der Waals surface area (Å²) in [6.07, 6.45) is 0.689. The van der Waals surface area contributed by atoms with E-state index >= 15 is 0 Å². The minimum atomic E-state index is -0.460. The van der Waals surface area contributed by atoms with E-state index in [1.165, 1.54) is 6.07 Å². The van der Waals surface area contributed by atoms with Crippen molar-refractivity contribution in [3.63, 3.8) is 0 Å². The van der Waals surface area contributed by atoms with Gasteiger partial charge in [0.1, 0.15) is 5.82 Å². The third kappa shape index (κ3) is 4.07. The molecule has 0 aliphatic rings. The van der Waals surface area contributed by atoms with Crippen LogP contribution in [0.3, 0.4) is 0 Å². The summed E-state index contributed by atoms with van der Waals surface area (Å²) in [4.78, 5) is 12.0. The largest absolute Gasteiger partial charge is 0.330 e. The molecule has 0 radical (unpaired) electrons. The van der Waals surface area contributed by atoms with Gasteiger partial charge in [-0.25, -0.2) is 4.39 Å². The molecule has 5 heteroatoms. The maximum absolute atomic E-state index is 13.6. The SMILES string of the molecule is CC(C)CC(CN)C(=O)Nc1c(F)cccc1Br. The van der Waals surface area contributed by atoms with Crippen molar-refractivity contribution >= 4 is 27.5 Å². The number of para-hydroxylation sites is 1. The molecular weight excluding hydrogens is 299 g/mol. The van der Waals surface area contributed by atoms with E-state index in [0.29, 0.717) is 16.8 Å². The Bertz CT molecular complexity index is 403. The van der Waals surface area contributed by atoms with Crippen molar-refractivity contribution in [3.05, 3.63) is 28.5 Å². The van der Waals surface area contributed by atoms with Gasteiger partial charge < -0.3 is 11.1 Å². The van der Waals surface area contributed by atoms with Gasteiger partial charge in [-0.15, -0.1) is 0 Å². The van der Waals surface area contributed by atoms with Crippen molar-refractivity contribution < 1.29 is 9.18 Å². The number of carbonyl (C=O) groups excluding carboxylic acids is 1. The number of halogens is 2. The summed E-state index contributed by atoms with van der Waals surface area (Å²) >= 11 is 3.21. The van der Waals surface area contributed by atoms with E-state index in [0.717, 1.165) is 0 Å². The van der Waals surface area contributed by atoms with Gasteiger partial charge in [0.15, 0.2) is 0 Å². The van der Waals surface area contributed by atoms with Crippen molar-refractivity contribution in [2.75, 3.05) is 11.9 Å². The zero-order chi connectivity index (χ0) is 13.7. The fraction of sp³-hybridized carbons (Fsp3) is 0.462. The number of hydrogen-bond donors (Lipinski definition) is 2. The molecule has 0 aliphatic carbocycles. The maximum Gasteiger partial charge on any atom is 0.228 e. The minimum absolute atomic E-state index is 0.171. The van der Waals surface area contributed by atoms with Crippen molar-refractivity contribution in [2.45, 2.75) is 20.3 Å². The Morgan fingerprint density at radius 2 is 2.17 bits per heavy atom. The summed E-state index contributed by atoms with van der Waals surface area (Å²) in [7, 11) is 0. The van der Waals surface area contributed by atoms with E-state index in [2.05, 4.69) is 21.2 Å². The monoisotopic (exact) mass is 316 g/mol. The molecule has 1 aromatic carbocycles. The van der Waals surface area contributed by atoms with Crippen LogP contribution in [-0.2, 0) is 4.79 Å². The average molecular weight is 317 g/mol. The second kappa shape index (κ2) is 6.85. The first-order valence-corrected chi connectivity index (χ1v) is 6.70. The highest BCUT2D eigenvalue weighted by Gasteiger charge is 2.20. The summed E-state index contributed by atoms with van der Waals surface area (Å²) in [5, 5.41) is 2.59. The molecule has 0 aromatic heterocycles. The molecule has 1 atom stereocenters. The van der Waals surface area contributed by atoms with Gasteiger partial charge in [0, 0.05) is 11.0 Å². The van der Waals surface area contributed by atoms with Crippen LogP contribution in [0.4, 0.5) is 10.1 Å². The molecule has 0 saturated heterocycles. The number of nitrogens with one attached hydrogen (secondary N) is 1. The Labute approximate surface area is 115 Å². The minimum Gasteiger partial charge on any atom is -0.330 e. The van der Waals surface area contributed by atoms with E-state index < -0.39 is 5.82 Å². The molecule has 1 aromatic rings. The highest BCUT2D eigenvalue weighted by atomic mass is 79.9. The molecule has 0 heterocycles. The number of anilines is 1. The van der Waals surface area contributed by atoms with Crippen LogP contribution < -0.4 is 11.1 Å². The summed E-state index contributed by atoms with van der Waals surface area (Å²) in [5.74, 6) is -0.625. The molecule has 0 spiro atoms. The standard InChI is InChI=1S/C13H18BrFN2O/c1-8(2)6-9(7-16)13(18)17-12-10(14)4-3-5-11(12)15/h3-5,8-9H,6-7,16H2,1-2H3,(H,17,18). The third-order valence-corrected chi connectivity index (χ3v) is 3.28. The van der Waals surface area contributed by atoms with Crippen LogP contribution in [0.25, 0.3) is 0 Å². The zero-order valence-corrected chi connectivity index (χ0v) is 12.1. The number of amides is 1. The Kier molecular flexibility index (Phi) is 5.75. The first-order chi connectivity index (χ1) is 8.45. The second-order valence-corrected chi connectivity index (χ2v) is 5.50.